The average molecular weight is 1370 g/mol. The number of amides is 10. The van der Waals surface area contributed by atoms with Crippen LogP contribution in [0.4, 0.5) is 0 Å². The van der Waals surface area contributed by atoms with Gasteiger partial charge in [-0.25, -0.2) is 0 Å². The zero-order valence-corrected chi connectivity index (χ0v) is 63.8. The van der Waals surface area contributed by atoms with Crippen molar-refractivity contribution in [2.75, 3.05) is 81.3 Å². The molecule has 1 unspecified atom stereocenters. The van der Waals surface area contributed by atoms with Crippen LogP contribution in [0, 0.1) is 35.5 Å². The van der Waals surface area contributed by atoms with Gasteiger partial charge >= 0.3 is 0 Å². The SMILES string of the molecule is C/C=C/C[C@@H](C)[C@@H](O)[C@@H](C(=O)N[C@@H](CC)C(=O)N(C)[C@H](SCCCN(CC)CC)C(=O)N(C)[C@@H](CC(C)(C)O)C(=O)NC(C(=O)N(C)[C@@H](CC(C)C)C(=O)N[C@H](C)CO)C(C)C)N(C)C(=O)[C@H](C(C)C)N(C)C(=O)[C@H](CC(C)C)N(C)C(=O)[C@H](CC(C)C)N(C)C(=O)[C@@H](C)N. The Labute approximate surface area is 575 Å². The van der Waals surface area contributed by atoms with E-state index in [4.69, 9.17) is 5.73 Å². The van der Waals surface area contributed by atoms with Crippen LogP contribution in [-0.2, 0) is 47.9 Å². The second kappa shape index (κ2) is 42.4. The standard InChI is InChI=1S/C69H130N12O13S/c1-27-31-33-46(15)57(83)56(79(25)66(92)55(45(13)14)78(24)64(90)52(38-43(9)10)76(22)63(89)51(37-42(7)8)75(21)61(87)48(17)70)60(86)72-49(28-2)62(88)80(26)68(95-35-32-34-81(29-3)30-4)67(93)77(23)53(39-69(18,19)94)59(85)73-54(44(11)12)65(91)74(20)50(36-41(5)6)58(84)71-47(16)40-82/h27,31,41-57,68,82-83,94H,28-30,32-40,70H2,1-26H3,(H,71,84)(H,72,86)(H,73,85)/b31-27+/t46-,47-,48-,49+,50+,51+,52+,53+,54?,55+,56+,57-,68-/m1/s1. The molecule has 8 N–H and O–H groups in total. The largest absolute Gasteiger partial charge is 0.394 e. The first-order chi connectivity index (χ1) is 43.9. The normalized spacial score (nSPS) is 16.2. The third-order valence-electron chi connectivity index (χ3n) is 17.6. The number of hydrogen-bond acceptors (Lipinski definition) is 16. The average Bonchev–Trinajstić information content (AvgIpc) is 0.831. The number of carbonyl (C=O) groups excluding carboxylic acids is 10. The van der Waals surface area contributed by atoms with Crippen molar-refractivity contribution in [3.05, 3.63) is 12.2 Å². The molecule has 0 aromatic rings. The number of thioether (sulfide) groups is 1. The van der Waals surface area contributed by atoms with Crippen molar-refractivity contribution < 1.29 is 63.3 Å². The lowest BCUT2D eigenvalue weighted by Gasteiger charge is -2.41. The highest BCUT2D eigenvalue weighted by Crippen LogP contribution is 2.28. The highest BCUT2D eigenvalue weighted by atomic mass is 32.2. The highest BCUT2D eigenvalue weighted by molar-refractivity contribution is 8.00. The minimum Gasteiger partial charge on any atom is -0.394 e. The van der Waals surface area contributed by atoms with Gasteiger partial charge < -0.3 is 76.2 Å². The predicted octanol–water partition coefficient (Wildman–Crippen LogP) is 4.00. The molecule has 550 valence electrons. The molecule has 0 fully saturated rings. The molecule has 10 amide bonds. The van der Waals surface area contributed by atoms with Crippen molar-refractivity contribution in [3.8, 4) is 0 Å². The molecule has 13 atom stereocenters. The van der Waals surface area contributed by atoms with Crippen LogP contribution in [0.1, 0.15) is 176 Å². The summed E-state index contributed by atoms with van der Waals surface area (Å²) in [5.41, 5.74) is 4.43. The number of likely N-dealkylation sites (N-methyl/N-ethyl adjacent to an activating group) is 7. The third kappa shape index (κ3) is 27.8. The summed E-state index contributed by atoms with van der Waals surface area (Å²) >= 11 is 1.14. The number of carbonyl (C=O) groups is 10. The Morgan fingerprint density at radius 1 is 0.537 bits per heavy atom. The van der Waals surface area contributed by atoms with E-state index in [9.17, 15) is 39.3 Å². The van der Waals surface area contributed by atoms with Gasteiger partial charge in [0, 0.05) is 61.8 Å². The third-order valence-corrected chi connectivity index (χ3v) is 18.9. The van der Waals surface area contributed by atoms with Gasteiger partial charge in [-0.05, 0) is 134 Å². The predicted molar refractivity (Wildman–Crippen MR) is 377 cm³/mol. The fourth-order valence-electron chi connectivity index (χ4n) is 11.5. The summed E-state index contributed by atoms with van der Waals surface area (Å²) in [6.45, 7) is 35.6. The number of nitrogens with one attached hydrogen (secondary N) is 3. The van der Waals surface area contributed by atoms with Gasteiger partial charge in [0.15, 0.2) is 5.37 Å². The minimum atomic E-state index is -1.65. The van der Waals surface area contributed by atoms with Crippen molar-refractivity contribution in [2.45, 2.75) is 254 Å². The van der Waals surface area contributed by atoms with E-state index in [1.807, 2.05) is 61.5 Å². The molecular weight excluding hydrogens is 1240 g/mol. The van der Waals surface area contributed by atoms with E-state index < -0.39 is 154 Å². The molecule has 0 rings (SSSR count). The molecule has 0 aliphatic rings. The number of nitrogens with zero attached hydrogens (tertiary/aromatic N) is 8. The molecule has 0 saturated carbocycles. The van der Waals surface area contributed by atoms with Crippen LogP contribution >= 0.6 is 11.8 Å². The molecule has 0 heterocycles. The Kier molecular flexibility index (Phi) is 40.0. The van der Waals surface area contributed by atoms with Crippen LogP contribution in [0.2, 0.25) is 0 Å². The fourth-order valence-corrected chi connectivity index (χ4v) is 12.7. The van der Waals surface area contributed by atoms with Gasteiger partial charge in [0.25, 0.3) is 5.91 Å². The fraction of sp³-hybridized carbons (Fsp3) is 0.826. The summed E-state index contributed by atoms with van der Waals surface area (Å²) in [5.74, 6) is -7.99. The minimum absolute atomic E-state index is 0.0236. The molecule has 0 bridgehead atoms. The smallest absolute Gasteiger partial charge is 0.256 e. The first-order valence-electron chi connectivity index (χ1n) is 34.4. The van der Waals surface area contributed by atoms with E-state index in [1.54, 1.807) is 61.5 Å². The molecule has 0 saturated heterocycles. The quantitative estimate of drug-likeness (QED) is 0.0258. The van der Waals surface area contributed by atoms with E-state index >= 15 is 24.0 Å². The second-order valence-corrected chi connectivity index (χ2v) is 29.9. The Hall–Kier alpha value is -5.41. The Morgan fingerprint density at radius 3 is 1.42 bits per heavy atom. The molecule has 26 heteroatoms. The molecule has 0 spiro atoms. The number of hydrogen-bond donors (Lipinski definition) is 7. The van der Waals surface area contributed by atoms with Crippen LogP contribution in [0.15, 0.2) is 12.2 Å². The van der Waals surface area contributed by atoms with E-state index in [-0.39, 0.29) is 62.9 Å². The zero-order chi connectivity index (χ0) is 74.0. The van der Waals surface area contributed by atoms with Crippen LogP contribution in [0.3, 0.4) is 0 Å². The van der Waals surface area contributed by atoms with Gasteiger partial charge in [0.2, 0.25) is 53.2 Å². The Bertz CT molecular complexity index is 2470. The number of rotatable bonds is 43. The van der Waals surface area contributed by atoms with Crippen LogP contribution in [0.25, 0.3) is 0 Å². The lowest BCUT2D eigenvalue weighted by atomic mass is 9.91. The molecule has 25 nitrogen and oxygen atoms in total. The van der Waals surface area contributed by atoms with E-state index in [1.165, 1.54) is 94.6 Å². The topological polar surface area (TPSA) is 319 Å². The summed E-state index contributed by atoms with van der Waals surface area (Å²) in [7, 11) is 10.1. The second-order valence-electron chi connectivity index (χ2n) is 28.7. The van der Waals surface area contributed by atoms with Crippen LogP contribution in [-0.4, -0.2) is 272 Å². The van der Waals surface area contributed by atoms with Gasteiger partial charge in [-0.1, -0.05) is 109 Å². The highest BCUT2D eigenvalue weighted by Gasteiger charge is 2.46. The molecule has 95 heavy (non-hydrogen) atoms. The zero-order valence-electron chi connectivity index (χ0n) is 63.0. The van der Waals surface area contributed by atoms with E-state index in [0.717, 1.165) is 34.7 Å². The maximum Gasteiger partial charge on any atom is 0.256 e. The molecule has 0 aromatic heterocycles. The van der Waals surface area contributed by atoms with Gasteiger partial charge in [-0.2, -0.15) is 0 Å². The summed E-state index contributed by atoms with van der Waals surface area (Å²) in [6, 6.07) is -11.4. The molecular formula is C69H130N12O13S. The lowest BCUT2D eigenvalue weighted by Crippen LogP contribution is -2.64. The molecule has 0 aliphatic heterocycles. The summed E-state index contributed by atoms with van der Waals surface area (Å²) in [5, 5.41) is 40.4. The number of allylic oxidation sites excluding steroid dienone is 2. The summed E-state index contributed by atoms with van der Waals surface area (Å²) < 4.78 is 0. The van der Waals surface area contributed by atoms with Crippen molar-refractivity contribution in [1.29, 1.82) is 0 Å². The van der Waals surface area contributed by atoms with Crippen molar-refractivity contribution in [1.82, 2.24) is 55.1 Å². The van der Waals surface area contributed by atoms with E-state index in [2.05, 4.69) is 20.9 Å². The van der Waals surface area contributed by atoms with Gasteiger partial charge in [0.05, 0.1) is 24.4 Å². The Morgan fingerprint density at radius 2 is 0.989 bits per heavy atom. The summed E-state index contributed by atoms with van der Waals surface area (Å²) in [6.07, 6.45) is 3.34. The Balaban J connectivity index is 7.87. The maximum atomic E-state index is 15.4. The lowest BCUT2D eigenvalue weighted by molar-refractivity contribution is -0.157. The van der Waals surface area contributed by atoms with Crippen molar-refractivity contribution in [3.63, 3.8) is 0 Å². The van der Waals surface area contributed by atoms with Crippen LogP contribution < -0.4 is 21.7 Å². The van der Waals surface area contributed by atoms with E-state index in [0.29, 0.717) is 18.7 Å². The first-order valence-corrected chi connectivity index (χ1v) is 35.4. The molecule has 0 radical (unpaired) electrons. The van der Waals surface area contributed by atoms with Gasteiger partial charge in [-0.15, -0.1) is 11.8 Å². The monoisotopic (exact) mass is 1370 g/mol. The molecule has 0 aromatic carbocycles. The van der Waals surface area contributed by atoms with Crippen molar-refractivity contribution in [2.24, 2.45) is 41.2 Å². The number of aliphatic hydroxyl groups excluding tert-OH is 2. The number of nitrogens with two attached hydrogens (primary N) is 1. The molecule has 0 aliphatic carbocycles. The van der Waals surface area contributed by atoms with Gasteiger partial charge in [-0.3, -0.25) is 47.9 Å². The van der Waals surface area contributed by atoms with Crippen molar-refractivity contribution >= 4 is 70.8 Å². The maximum absolute atomic E-state index is 15.4. The van der Waals surface area contributed by atoms with Gasteiger partial charge in [0.1, 0.15) is 48.3 Å². The first kappa shape index (κ1) is 89.6. The number of aliphatic hydroxyl groups is 3. The summed E-state index contributed by atoms with van der Waals surface area (Å²) in [4.78, 5) is 158. The van der Waals surface area contributed by atoms with Crippen LogP contribution in [0.5, 0.6) is 0 Å².